The maximum atomic E-state index is 12.8. The Balaban J connectivity index is 1.46. The normalized spacial score (nSPS) is 25.2. The van der Waals surface area contributed by atoms with Crippen LogP contribution in [0.5, 0.6) is 0 Å². The van der Waals surface area contributed by atoms with Crippen LogP contribution in [0.3, 0.4) is 0 Å². The van der Waals surface area contributed by atoms with Crippen LogP contribution in [0.2, 0.25) is 10.0 Å². The molecule has 0 radical (unpaired) electrons. The minimum absolute atomic E-state index is 0.223. The van der Waals surface area contributed by atoms with E-state index >= 15 is 0 Å². The van der Waals surface area contributed by atoms with E-state index in [-0.39, 0.29) is 5.92 Å². The van der Waals surface area contributed by atoms with Crippen LogP contribution < -0.4 is 9.80 Å². The quantitative estimate of drug-likeness (QED) is 0.777. The Bertz CT molecular complexity index is 594. The van der Waals surface area contributed by atoms with E-state index in [9.17, 15) is 4.79 Å². The van der Waals surface area contributed by atoms with Gasteiger partial charge >= 0.3 is 0 Å². The van der Waals surface area contributed by atoms with Crippen molar-refractivity contribution in [2.45, 2.75) is 26.3 Å². The van der Waals surface area contributed by atoms with E-state index in [2.05, 4.69) is 11.8 Å². The Kier molecular flexibility index (Phi) is 6.61. The summed E-state index contributed by atoms with van der Waals surface area (Å²) in [5, 5.41) is 1.23. The van der Waals surface area contributed by atoms with Crippen LogP contribution in [-0.2, 0) is 11.3 Å². The van der Waals surface area contributed by atoms with Crippen LogP contribution >= 0.6 is 23.2 Å². The number of carbonyl (C=O) groups is 1. The molecule has 2 aliphatic heterocycles. The summed E-state index contributed by atoms with van der Waals surface area (Å²) in [6, 6.07) is 5.88. The summed E-state index contributed by atoms with van der Waals surface area (Å²) in [7, 11) is 0. The number of piperazine rings is 1. The average molecular weight is 386 g/mol. The molecule has 6 heteroatoms. The Morgan fingerprint density at radius 3 is 2.36 bits per heavy atom. The fraction of sp³-hybridized carbons (Fsp3) is 0.632. The average Bonchev–Trinajstić information content (AvgIpc) is 2.65. The van der Waals surface area contributed by atoms with Gasteiger partial charge in [0.2, 0.25) is 5.91 Å². The van der Waals surface area contributed by atoms with Crippen molar-refractivity contribution in [1.29, 1.82) is 0 Å². The molecule has 0 saturated carbocycles. The van der Waals surface area contributed by atoms with Crippen molar-refractivity contribution in [3.05, 3.63) is 33.8 Å². The summed E-state index contributed by atoms with van der Waals surface area (Å²) in [5.41, 5.74) is 1.22. The first kappa shape index (κ1) is 19.0. The number of likely N-dealkylation sites (N-methyl/N-ethyl adjacent to an activating group) is 1. The highest BCUT2D eigenvalue weighted by atomic mass is 35.5. The van der Waals surface area contributed by atoms with E-state index in [4.69, 9.17) is 23.2 Å². The number of piperidine rings is 1. The Labute approximate surface area is 160 Å². The fourth-order valence-electron chi connectivity index (χ4n) is 4.04. The predicted octanol–water partition coefficient (Wildman–Crippen LogP) is 0.535. The van der Waals surface area contributed by atoms with Gasteiger partial charge in [0.1, 0.15) is 6.54 Å². The summed E-state index contributed by atoms with van der Waals surface area (Å²) in [6.07, 6.45) is 1.99. The predicted molar refractivity (Wildman–Crippen MR) is 101 cm³/mol. The summed E-state index contributed by atoms with van der Waals surface area (Å²) in [5.74, 6) is 0.615. The third-order valence-electron chi connectivity index (χ3n) is 5.76. The SMILES string of the molecule is CC[NH+]1CCN(C(=O)C2CC[NH+](Cc3ccc(Cl)c(Cl)c3)CC2)CC1. The number of quaternary nitrogens is 2. The van der Waals surface area contributed by atoms with Crippen LogP contribution in [-0.4, -0.2) is 56.6 Å². The van der Waals surface area contributed by atoms with Gasteiger partial charge < -0.3 is 14.7 Å². The Morgan fingerprint density at radius 1 is 1.08 bits per heavy atom. The minimum atomic E-state index is 0.223. The molecule has 2 saturated heterocycles. The van der Waals surface area contributed by atoms with Gasteiger partial charge in [-0.15, -0.1) is 0 Å². The summed E-state index contributed by atoms with van der Waals surface area (Å²) < 4.78 is 0. The van der Waals surface area contributed by atoms with Crippen LogP contribution in [0.1, 0.15) is 25.3 Å². The second-order valence-corrected chi connectivity index (χ2v) is 8.19. The van der Waals surface area contributed by atoms with Crippen LogP contribution in [0.25, 0.3) is 0 Å². The highest BCUT2D eigenvalue weighted by Gasteiger charge is 2.32. The molecule has 1 amide bonds. The summed E-state index contributed by atoms with van der Waals surface area (Å²) >= 11 is 12.1. The molecule has 0 aromatic heterocycles. The van der Waals surface area contributed by atoms with E-state index in [1.54, 1.807) is 4.90 Å². The molecule has 2 aliphatic rings. The Morgan fingerprint density at radius 2 is 1.76 bits per heavy atom. The van der Waals surface area contributed by atoms with Gasteiger partial charge in [-0.3, -0.25) is 4.79 Å². The number of amides is 1. The first-order valence-electron chi connectivity index (χ1n) is 9.46. The third-order valence-corrected chi connectivity index (χ3v) is 6.50. The first-order chi connectivity index (χ1) is 12.1. The van der Waals surface area contributed by atoms with Crippen molar-refractivity contribution < 1.29 is 14.6 Å². The summed E-state index contributed by atoms with van der Waals surface area (Å²) in [6.45, 7) is 10.5. The lowest BCUT2D eigenvalue weighted by Crippen LogP contribution is -3.14. The van der Waals surface area contributed by atoms with Crippen LogP contribution in [0, 0.1) is 5.92 Å². The van der Waals surface area contributed by atoms with Gasteiger partial charge in [-0.1, -0.05) is 29.3 Å². The number of halogens is 2. The number of carbonyl (C=O) groups excluding carboxylic acids is 1. The molecule has 0 unspecified atom stereocenters. The van der Waals surface area contributed by atoms with Gasteiger partial charge in [-0.25, -0.2) is 0 Å². The zero-order chi connectivity index (χ0) is 17.8. The molecule has 2 N–H and O–H groups in total. The molecule has 2 fully saturated rings. The number of likely N-dealkylation sites (tertiary alicyclic amines) is 1. The zero-order valence-electron chi connectivity index (χ0n) is 15.0. The molecule has 0 spiro atoms. The lowest BCUT2D eigenvalue weighted by atomic mass is 9.94. The molecule has 1 aromatic carbocycles. The van der Waals surface area contributed by atoms with E-state index in [1.807, 2.05) is 18.2 Å². The van der Waals surface area contributed by atoms with Crippen LogP contribution in [0.4, 0.5) is 0 Å². The van der Waals surface area contributed by atoms with Gasteiger partial charge in [0, 0.05) is 24.3 Å². The van der Waals surface area contributed by atoms with Gasteiger partial charge in [-0.2, -0.15) is 0 Å². The number of rotatable bonds is 4. The highest BCUT2D eigenvalue weighted by Crippen LogP contribution is 2.22. The largest absolute Gasteiger partial charge is 0.332 e. The fourth-order valence-corrected chi connectivity index (χ4v) is 4.36. The van der Waals surface area contributed by atoms with Crippen molar-refractivity contribution >= 4 is 29.1 Å². The van der Waals surface area contributed by atoms with Gasteiger partial charge in [0.15, 0.2) is 0 Å². The number of benzene rings is 1. The molecule has 0 aliphatic carbocycles. The maximum absolute atomic E-state index is 12.8. The second-order valence-electron chi connectivity index (χ2n) is 7.38. The lowest BCUT2D eigenvalue weighted by Gasteiger charge is -2.35. The van der Waals surface area contributed by atoms with Crippen molar-refractivity contribution in [2.24, 2.45) is 5.92 Å². The first-order valence-corrected chi connectivity index (χ1v) is 10.2. The zero-order valence-corrected chi connectivity index (χ0v) is 16.5. The number of hydrogen-bond donors (Lipinski definition) is 2. The van der Waals surface area contributed by atoms with E-state index in [0.29, 0.717) is 16.0 Å². The van der Waals surface area contributed by atoms with Crippen molar-refractivity contribution in [3.8, 4) is 0 Å². The molecular weight excluding hydrogens is 357 g/mol. The monoisotopic (exact) mass is 385 g/mol. The van der Waals surface area contributed by atoms with E-state index < -0.39 is 0 Å². The van der Waals surface area contributed by atoms with E-state index in [0.717, 1.165) is 58.7 Å². The standard InChI is InChI=1S/C19H27Cl2N3O/c1-2-22-9-11-24(12-10-22)19(25)16-5-7-23(8-6-16)14-15-3-4-17(20)18(21)13-15/h3-4,13,16H,2,5-12,14H2,1H3/p+2. The molecule has 138 valence electrons. The number of nitrogens with one attached hydrogen (secondary N) is 2. The van der Waals surface area contributed by atoms with Crippen LogP contribution in [0.15, 0.2) is 18.2 Å². The molecular formula is C19H29Cl2N3O+2. The molecule has 0 atom stereocenters. The van der Waals surface area contributed by atoms with Crippen molar-refractivity contribution in [3.63, 3.8) is 0 Å². The number of nitrogens with zero attached hydrogens (tertiary/aromatic N) is 1. The van der Waals surface area contributed by atoms with E-state index in [1.165, 1.54) is 17.0 Å². The Hall–Kier alpha value is -0.810. The molecule has 2 heterocycles. The van der Waals surface area contributed by atoms with Gasteiger partial charge in [-0.05, 0) is 19.1 Å². The molecule has 4 nitrogen and oxygen atoms in total. The van der Waals surface area contributed by atoms with Crippen molar-refractivity contribution in [1.82, 2.24) is 4.90 Å². The maximum Gasteiger partial charge on any atom is 0.226 e. The van der Waals surface area contributed by atoms with Gasteiger partial charge in [0.25, 0.3) is 0 Å². The molecule has 0 bridgehead atoms. The third kappa shape index (κ3) is 4.88. The smallest absolute Gasteiger partial charge is 0.226 e. The highest BCUT2D eigenvalue weighted by molar-refractivity contribution is 6.42. The minimum Gasteiger partial charge on any atom is -0.332 e. The summed E-state index contributed by atoms with van der Waals surface area (Å²) in [4.78, 5) is 18.0. The lowest BCUT2D eigenvalue weighted by molar-refractivity contribution is -0.919. The number of hydrogen-bond acceptors (Lipinski definition) is 1. The molecule has 3 rings (SSSR count). The molecule has 1 aromatic rings. The van der Waals surface area contributed by atoms with Crippen molar-refractivity contribution in [2.75, 3.05) is 45.8 Å². The topological polar surface area (TPSA) is 29.2 Å². The molecule has 25 heavy (non-hydrogen) atoms. The second kappa shape index (κ2) is 8.72. The van der Waals surface area contributed by atoms with Gasteiger partial charge in [0.05, 0.1) is 55.9 Å².